The summed E-state index contributed by atoms with van der Waals surface area (Å²) in [6, 6.07) is 9.58. The van der Waals surface area contributed by atoms with E-state index < -0.39 is 0 Å². The largest absolute Gasteiger partial charge is 0.280 e. The Labute approximate surface area is 156 Å². The van der Waals surface area contributed by atoms with Gasteiger partial charge >= 0.3 is 0 Å². The maximum atomic E-state index is 12.3. The molecule has 0 amide bonds. The van der Waals surface area contributed by atoms with Crippen molar-refractivity contribution in [3.8, 4) is 22.8 Å². The lowest BCUT2D eigenvalue weighted by atomic mass is 10.1. The molecule has 0 bridgehead atoms. The van der Waals surface area contributed by atoms with Gasteiger partial charge in [0.15, 0.2) is 5.82 Å². The molecule has 0 saturated carbocycles. The van der Waals surface area contributed by atoms with Gasteiger partial charge in [-0.25, -0.2) is 9.67 Å². The van der Waals surface area contributed by atoms with Crippen LogP contribution in [-0.2, 0) is 7.05 Å². The minimum atomic E-state index is -0.124. The smallest absolute Gasteiger partial charge is 0.255 e. The lowest BCUT2D eigenvalue weighted by Gasteiger charge is -2.10. The van der Waals surface area contributed by atoms with E-state index in [4.69, 9.17) is 0 Å². The SMILES string of the molecule is Cc1cc(C)cc(-n2nc(C)nc2-c2ccc(=O)n(-c3cnn(C)c3)c2)c1. The summed E-state index contributed by atoms with van der Waals surface area (Å²) in [5.74, 6) is 1.36. The fraction of sp³-hybridized carbons (Fsp3) is 0.200. The predicted octanol–water partition coefficient (Wildman–Crippen LogP) is 2.74. The van der Waals surface area contributed by atoms with Crippen LogP contribution in [0.15, 0.2) is 53.7 Å². The second-order valence-electron chi connectivity index (χ2n) is 6.74. The zero-order chi connectivity index (χ0) is 19.1. The highest BCUT2D eigenvalue weighted by molar-refractivity contribution is 5.58. The molecule has 27 heavy (non-hydrogen) atoms. The van der Waals surface area contributed by atoms with Gasteiger partial charge in [0.05, 0.1) is 17.6 Å². The van der Waals surface area contributed by atoms with Gasteiger partial charge in [-0.05, 0) is 50.1 Å². The van der Waals surface area contributed by atoms with Gasteiger partial charge in [0.1, 0.15) is 5.82 Å². The summed E-state index contributed by atoms with van der Waals surface area (Å²) in [5.41, 5.74) is 4.65. The van der Waals surface area contributed by atoms with E-state index in [1.54, 1.807) is 33.9 Å². The number of aryl methyl sites for hydroxylation is 4. The molecule has 0 spiro atoms. The number of benzene rings is 1. The summed E-state index contributed by atoms with van der Waals surface area (Å²) in [7, 11) is 1.82. The Morgan fingerprint density at radius 3 is 2.33 bits per heavy atom. The summed E-state index contributed by atoms with van der Waals surface area (Å²) in [6.45, 7) is 5.98. The first-order valence-corrected chi connectivity index (χ1v) is 8.65. The van der Waals surface area contributed by atoms with E-state index in [9.17, 15) is 4.79 Å². The summed E-state index contributed by atoms with van der Waals surface area (Å²) < 4.78 is 5.05. The quantitative estimate of drug-likeness (QED) is 0.563. The molecule has 0 fully saturated rings. The molecule has 3 aromatic heterocycles. The average molecular weight is 360 g/mol. The van der Waals surface area contributed by atoms with Gasteiger partial charge in [-0.1, -0.05) is 6.07 Å². The molecular weight excluding hydrogens is 340 g/mol. The van der Waals surface area contributed by atoms with Gasteiger partial charge in [-0.3, -0.25) is 14.0 Å². The van der Waals surface area contributed by atoms with Crippen LogP contribution in [0.25, 0.3) is 22.8 Å². The van der Waals surface area contributed by atoms with Crippen molar-refractivity contribution in [3.05, 3.63) is 76.2 Å². The van der Waals surface area contributed by atoms with Gasteiger partial charge in [0, 0.05) is 31.1 Å². The Balaban J connectivity index is 1.89. The fourth-order valence-electron chi connectivity index (χ4n) is 3.21. The van der Waals surface area contributed by atoms with E-state index in [0.717, 1.165) is 22.4 Å². The lowest BCUT2D eigenvalue weighted by molar-refractivity contribution is 0.767. The third-order valence-corrected chi connectivity index (χ3v) is 4.30. The highest BCUT2D eigenvalue weighted by atomic mass is 16.1. The van der Waals surface area contributed by atoms with E-state index in [1.807, 2.05) is 18.7 Å². The molecule has 7 nitrogen and oxygen atoms in total. The molecule has 0 unspecified atom stereocenters. The van der Waals surface area contributed by atoms with Crippen LogP contribution < -0.4 is 5.56 Å². The first kappa shape index (κ1) is 17.0. The molecule has 0 N–H and O–H groups in total. The maximum absolute atomic E-state index is 12.3. The normalized spacial score (nSPS) is 11.1. The molecular formula is C20H20N6O. The summed E-state index contributed by atoms with van der Waals surface area (Å²) in [6.07, 6.45) is 5.23. The topological polar surface area (TPSA) is 70.5 Å². The molecule has 3 heterocycles. The highest BCUT2D eigenvalue weighted by Gasteiger charge is 2.14. The van der Waals surface area contributed by atoms with Crippen LogP contribution in [0, 0.1) is 20.8 Å². The van der Waals surface area contributed by atoms with E-state index in [1.165, 1.54) is 6.07 Å². The summed E-state index contributed by atoms with van der Waals surface area (Å²) >= 11 is 0. The van der Waals surface area contributed by atoms with Crippen molar-refractivity contribution < 1.29 is 0 Å². The van der Waals surface area contributed by atoms with Crippen LogP contribution in [0.3, 0.4) is 0 Å². The molecule has 0 aliphatic heterocycles. The zero-order valence-corrected chi connectivity index (χ0v) is 15.7. The Bertz CT molecular complexity index is 1180. The zero-order valence-electron chi connectivity index (χ0n) is 15.7. The van der Waals surface area contributed by atoms with Crippen molar-refractivity contribution >= 4 is 0 Å². The number of rotatable bonds is 3. The Morgan fingerprint density at radius 2 is 1.67 bits per heavy atom. The minimum absolute atomic E-state index is 0.124. The Hall–Kier alpha value is -3.48. The van der Waals surface area contributed by atoms with Gasteiger partial charge in [-0.15, -0.1) is 0 Å². The van der Waals surface area contributed by atoms with Gasteiger partial charge in [0.2, 0.25) is 0 Å². The number of nitrogens with zero attached hydrogens (tertiary/aromatic N) is 6. The van der Waals surface area contributed by atoms with E-state index in [2.05, 4.69) is 47.2 Å². The van der Waals surface area contributed by atoms with Crippen LogP contribution in [0.2, 0.25) is 0 Å². The molecule has 0 radical (unpaired) electrons. The molecule has 0 atom stereocenters. The second-order valence-corrected chi connectivity index (χ2v) is 6.74. The predicted molar refractivity (Wildman–Crippen MR) is 103 cm³/mol. The minimum Gasteiger partial charge on any atom is -0.280 e. The first-order chi connectivity index (χ1) is 12.9. The van der Waals surface area contributed by atoms with Gasteiger partial charge in [-0.2, -0.15) is 10.2 Å². The monoisotopic (exact) mass is 360 g/mol. The molecule has 4 rings (SSSR count). The fourth-order valence-corrected chi connectivity index (χ4v) is 3.21. The third kappa shape index (κ3) is 3.19. The van der Waals surface area contributed by atoms with E-state index >= 15 is 0 Å². The van der Waals surface area contributed by atoms with E-state index in [0.29, 0.717) is 17.3 Å². The van der Waals surface area contributed by atoms with Crippen LogP contribution in [0.1, 0.15) is 17.0 Å². The lowest BCUT2D eigenvalue weighted by Crippen LogP contribution is -2.16. The van der Waals surface area contributed by atoms with Crippen molar-refractivity contribution in [2.45, 2.75) is 20.8 Å². The third-order valence-electron chi connectivity index (χ3n) is 4.30. The Kier molecular flexibility index (Phi) is 3.99. The molecule has 4 aromatic rings. The molecule has 1 aromatic carbocycles. The highest BCUT2D eigenvalue weighted by Crippen LogP contribution is 2.22. The number of pyridine rings is 1. The molecule has 7 heteroatoms. The maximum Gasteiger partial charge on any atom is 0.255 e. The van der Waals surface area contributed by atoms with Crippen molar-refractivity contribution in [1.82, 2.24) is 29.1 Å². The molecule has 0 saturated heterocycles. The van der Waals surface area contributed by atoms with Crippen LogP contribution in [-0.4, -0.2) is 29.1 Å². The summed E-state index contributed by atoms with van der Waals surface area (Å²) in [5, 5.41) is 8.72. The molecule has 136 valence electrons. The van der Waals surface area contributed by atoms with Gasteiger partial charge in [0.25, 0.3) is 5.56 Å². The standard InChI is InChI=1S/C20H20N6O/c1-13-7-14(2)9-17(8-13)26-20(22-15(3)23-26)16-5-6-19(27)25(11-16)18-10-21-24(4)12-18/h5-12H,1-4H3. The van der Waals surface area contributed by atoms with Crippen molar-refractivity contribution in [3.63, 3.8) is 0 Å². The number of aromatic nitrogens is 6. The van der Waals surface area contributed by atoms with Crippen molar-refractivity contribution in [2.24, 2.45) is 7.05 Å². The Morgan fingerprint density at radius 1 is 0.926 bits per heavy atom. The van der Waals surface area contributed by atoms with Crippen LogP contribution in [0.4, 0.5) is 0 Å². The average Bonchev–Trinajstić information content (AvgIpc) is 3.20. The molecule has 0 aliphatic carbocycles. The van der Waals surface area contributed by atoms with Crippen LogP contribution >= 0.6 is 0 Å². The number of hydrogen-bond donors (Lipinski definition) is 0. The number of hydrogen-bond acceptors (Lipinski definition) is 4. The van der Waals surface area contributed by atoms with E-state index in [-0.39, 0.29) is 5.56 Å². The summed E-state index contributed by atoms with van der Waals surface area (Å²) in [4.78, 5) is 16.9. The second kappa shape index (κ2) is 6.35. The van der Waals surface area contributed by atoms with Gasteiger partial charge < -0.3 is 0 Å². The first-order valence-electron chi connectivity index (χ1n) is 8.65. The van der Waals surface area contributed by atoms with Crippen molar-refractivity contribution in [2.75, 3.05) is 0 Å². The van der Waals surface area contributed by atoms with Crippen LogP contribution in [0.5, 0.6) is 0 Å². The molecule has 0 aliphatic rings. The van der Waals surface area contributed by atoms with Crippen molar-refractivity contribution in [1.29, 1.82) is 0 Å².